The number of likely N-dealkylation sites (tertiary alicyclic amines) is 1. The molecule has 0 radical (unpaired) electrons. The maximum atomic E-state index is 12.7. The molecule has 4 rings (SSSR count). The number of hydrogen-bond acceptors (Lipinski definition) is 4. The molecule has 2 N–H and O–H groups in total. The highest BCUT2D eigenvalue weighted by Gasteiger charge is 2.27. The van der Waals surface area contributed by atoms with Gasteiger partial charge in [-0.25, -0.2) is 13.1 Å². The van der Waals surface area contributed by atoms with E-state index in [2.05, 4.69) is 10.0 Å². The van der Waals surface area contributed by atoms with Gasteiger partial charge in [-0.1, -0.05) is 24.3 Å². The third-order valence-corrected chi connectivity index (χ3v) is 8.21. The van der Waals surface area contributed by atoms with Crippen LogP contribution < -0.4 is 10.0 Å². The van der Waals surface area contributed by atoms with Crippen molar-refractivity contribution < 1.29 is 18.0 Å². The van der Waals surface area contributed by atoms with Crippen LogP contribution in [0, 0.1) is 5.92 Å². The van der Waals surface area contributed by atoms with Crippen LogP contribution in [0.3, 0.4) is 0 Å². The predicted octanol–water partition coefficient (Wildman–Crippen LogP) is 3.50. The number of sulfonamides is 1. The Morgan fingerprint density at radius 1 is 0.941 bits per heavy atom. The van der Waals surface area contributed by atoms with E-state index >= 15 is 0 Å². The zero-order chi connectivity index (χ0) is 24.0. The number of nitrogens with one attached hydrogen (secondary N) is 2. The summed E-state index contributed by atoms with van der Waals surface area (Å²) in [6.45, 7) is 1.32. The van der Waals surface area contributed by atoms with E-state index in [1.807, 2.05) is 36.4 Å². The lowest BCUT2D eigenvalue weighted by Gasteiger charge is -2.31. The Morgan fingerprint density at radius 2 is 1.65 bits per heavy atom. The molecule has 0 unspecified atom stereocenters. The van der Waals surface area contributed by atoms with Crippen molar-refractivity contribution in [2.75, 3.05) is 25.0 Å². The largest absolute Gasteiger partial charge is 0.343 e. The van der Waals surface area contributed by atoms with E-state index in [0.29, 0.717) is 37.2 Å². The minimum absolute atomic E-state index is 0.00474. The molecule has 1 saturated heterocycles. The van der Waals surface area contributed by atoms with Crippen LogP contribution in [0.4, 0.5) is 5.69 Å². The summed E-state index contributed by atoms with van der Waals surface area (Å²) < 4.78 is 27.9. The Labute approximate surface area is 202 Å². The minimum Gasteiger partial charge on any atom is -0.343 e. The van der Waals surface area contributed by atoms with Crippen molar-refractivity contribution >= 4 is 27.5 Å². The van der Waals surface area contributed by atoms with Gasteiger partial charge in [-0.15, -0.1) is 0 Å². The summed E-state index contributed by atoms with van der Waals surface area (Å²) in [6.07, 6.45) is 6.19. The van der Waals surface area contributed by atoms with Crippen LogP contribution in [0.15, 0.2) is 53.4 Å². The van der Waals surface area contributed by atoms with Crippen LogP contribution in [0.1, 0.15) is 49.7 Å². The van der Waals surface area contributed by atoms with Gasteiger partial charge in [0.25, 0.3) is 0 Å². The first-order valence-electron chi connectivity index (χ1n) is 12.2. The number of carbonyl (C=O) groups is 2. The number of piperidine rings is 1. The molecule has 2 aliphatic rings. The Kier molecular flexibility index (Phi) is 8.00. The number of amides is 2. The van der Waals surface area contributed by atoms with Gasteiger partial charge < -0.3 is 10.2 Å². The highest BCUT2D eigenvalue weighted by molar-refractivity contribution is 7.89. The number of fused-ring (bicyclic) bond motifs is 1. The number of nitrogens with zero attached hydrogens (tertiary/aromatic N) is 1. The second-order valence-corrected chi connectivity index (χ2v) is 10.9. The zero-order valence-corrected chi connectivity index (χ0v) is 20.3. The van der Waals surface area contributed by atoms with Gasteiger partial charge >= 0.3 is 0 Å². The molecule has 1 aliphatic carbocycles. The average molecular weight is 484 g/mol. The third kappa shape index (κ3) is 6.24. The summed E-state index contributed by atoms with van der Waals surface area (Å²) in [5.41, 5.74) is 3.16. The summed E-state index contributed by atoms with van der Waals surface area (Å²) in [4.78, 5) is 27.1. The van der Waals surface area contributed by atoms with Crippen molar-refractivity contribution in [3.63, 3.8) is 0 Å². The van der Waals surface area contributed by atoms with Crippen molar-refractivity contribution in [1.82, 2.24) is 9.62 Å². The van der Waals surface area contributed by atoms with Gasteiger partial charge in [0.05, 0.1) is 4.90 Å². The van der Waals surface area contributed by atoms with E-state index in [1.165, 1.54) is 5.56 Å². The third-order valence-electron chi connectivity index (χ3n) is 6.75. The number of aryl methyl sites for hydroxylation is 2. The van der Waals surface area contributed by atoms with Gasteiger partial charge in [0.15, 0.2) is 0 Å². The fraction of sp³-hybridized carbons (Fsp3) is 0.462. The quantitative estimate of drug-likeness (QED) is 0.562. The number of rotatable bonds is 8. The van der Waals surface area contributed by atoms with Gasteiger partial charge in [0.2, 0.25) is 21.8 Å². The molecule has 1 heterocycles. The van der Waals surface area contributed by atoms with Gasteiger partial charge in [0.1, 0.15) is 0 Å². The molecular formula is C26H33N3O4S. The first kappa shape index (κ1) is 24.4. The monoisotopic (exact) mass is 483 g/mol. The maximum absolute atomic E-state index is 12.7. The summed E-state index contributed by atoms with van der Waals surface area (Å²) in [6, 6.07) is 14.8. The molecule has 2 aromatic carbocycles. The number of para-hydroxylation sites is 1. The van der Waals surface area contributed by atoms with Crippen LogP contribution >= 0.6 is 0 Å². The van der Waals surface area contributed by atoms with Crippen molar-refractivity contribution in [2.24, 2.45) is 5.92 Å². The summed E-state index contributed by atoms with van der Waals surface area (Å²) in [7, 11) is -3.58. The van der Waals surface area contributed by atoms with Crippen LogP contribution in [0.2, 0.25) is 0 Å². The summed E-state index contributed by atoms with van der Waals surface area (Å²) in [5, 5.41) is 2.93. The SMILES string of the molecule is O=C(Nc1ccccc1)C1CCN(C(=O)CCCNS(=O)(=O)c2ccc3c(c2)CCCC3)CC1. The topological polar surface area (TPSA) is 95.6 Å². The second-order valence-electron chi connectivity index (χ2n) is 9.15. The fourth-order valence-corrected chi connectivity index (χ4v) is 5.85. The lowest BCUT2D eigenvalue weighted by atomic mass is 9.92. The molecular weight excluding hydrogens is 450 g/mol. The van der Waals surface area contributed by atoms with Crippen molar-refractivity contribution in [2.45, 2.75) is 56.3 Å². The van der Waals surface area contributed by atoms with E-state index in [4.69, 9.17) is 0 Å². The zero-order valence-electron chi connectivity index (χ0n) is 19.5. The Balaban J connectivity index is 1.18. The van der Waals surface area contributed by atoms with Gasteiger partial charge in [-0.2, -0.15) is 0 Å². The predicted molar refractivity (Wildman–Crippen MR) is 132 cm³/mol. The first-order valence-corrected chi connectivity index (χ1v) is 13.7. The van der Waals surface area contributed by atoms with Crippen LogP contribution in [0.5, 0.6) is 0 Å². The molecule has 0 bridgehead atoms. The summed E-state index contributed by atoms with van der Waals surface area (Å²) >= 11 is 0. The molecule has 0 spiro atoms. The minimum atomic E-state index is -3.58. The molecule has 182 valence electrons. The smallest absolute Gasteiger partial charge is 0.240 e. The number of carbonyl (C=O) groups excluding carboxylic acids is 2. The lowest BCUT2D eigenvalue weighted by molar-refractivity contribution is -0.134. The van der Waals surface area contributed by atoms with E-state index in [-0.39, 0.29) is 30.7 Å². The molecule has 2 aromatic rings. The highest BCUT2D eigenvalue weighted by atomic mass is 32.2. The molecule has 0 aromatic heterocycles. The van der Waals surface area contributed by atoms with Gasteiger partial charge in [-0.05, 0) is 80.3 Å². The Hall–Kier alpha value is -2.71. The molecule has 0 saturated carbocycles. The van der Waals surface area contributed by atoms with Crippen molar-refractivity contribution in [3.8, 4) is 0 Å². The molecule has 1 aliphatic heterocycles. The second kappa shape index (κ2) is 11.1. The standard InChI is InChI=1S/C26H33N3O4S/c30-25(29-17-14-21(15-18-29)26(31)28-23-9-2-1-3-10-23)11-6-16-27-34(32,33)24-13-12-20-7-4-5-8-22(20)19-24/h1-3,9-10,12-13,19,21,27H,4-8,11,14-18H2,(H,28,31). The number of hydrogen-bond donors (Lipinski definition) is 2. The van der Waals surface area contributed by atoms with E-state index < -0.39 is 10.0 Å². The van der Waals surface area contributed by atoms with Crippen molar-refractivity contribution in [3.05, 3.63) is 59.7 Å². The van der Waals surface area contributed by atoms with E-state index in [1.54, 1.807) is 17.0 Å². The normalized spacial score (nSPS) is 16.6. The molecule has 0 atom stereocenters. The molecule has 34 heavy (non-hydrogen) atoms. The average Bonchev–Trinajstić information content (AvgIpc) is 2.87. The van der Waals surface area contributed by atoms with E-state index in [0.717, 1.165) is 36.9 Å². The first-order chi connectivity index (χ1) is 16.4. The van der Waals surface area contributed by atoms with Crippen molar-refractivity contribution in [1.29, 1.82) is 0 Å². The van der Waals surface area contributed by atoms with Crippen LogP contribution in [-0.2, 0) is 32.5 Å². The molecule has 8 heteroatoms. The van der Waals surface area contributed by atoms with Gasteiger partial charge in [0, 0.05) is 37.7 Å². The molecule has 1 fully saturated rings. The summed E-state index contributed by atoms with van der Waals surface area (Å²) in [5.74, 6) is -0.0996. The highest BCUT2D eigenvalue weighted by Crippen LogP contribution is 2.24. The lowest BCUT2D eigenvalue weighted by Crippen LogP contribution is -2.41. The van der Waals surface area contributed by atoms with Crippen LogP contribution in [-0.4, -0.2) is 44.8 Å². The number of benzene rings is 2. The molecule has 2 amide bonds. The van der Waals surface area contributed by atoms with E-state index in [9.17, 15) is 18.0 Å². The van der Waals surface area contributed by atoms with Gasteiger partial charge in [-0.3, -0.25) is 9.59 Å². The fourth-order valence-electron chi connectivity index (χ4n) is 4.72. The maximum Gasteiger partial charge on any atom is 0.240 e. The van der Waals surface area contributed by atoms with Crippen LogP contribution in [0.25, 0.3) is 0 Å². The Morgan fingerprint density at radius 3 is 2.38 bits per heavy atom. The Bertz CT molecular complexity index is 1110. The molecule has 7 nitrogen and oxygen atoms in total. The number of anilines is 1.